The van der Waals surface area contributed by atoms with Gasteiger partial charge < -0.3 is 15.4 Å². The molecule has 1 aliphatic rings. The van der Waals surface area contributed by atoms with Gasteiger partial charge in [0.1, 0.15) is 0 Å². The van der Waals surface area contributed by atoms with E-state index in [4.69, 9.17) is 10.5 Å². The average molecular weight is 213 g/mol. The molecule has 0 saturated carbocycles. The molecule has 1 rings (SSSR count). The fourth-order valence-electron chi connectivity index (χ4n) is 1.62. The number of aliphatic imine (C=N–C) groups is 1. The zero-order valence-electron chi connectivity index (χ0n) is 10.3. The van der Waals surface area contributed by atoms with Crippen molar-refractivity contribution in [3.63, 3.8) is 0 Å². The second kappa shape index (κ2) is 4.84. The van der Waals surface area contributed by atoms with Crippen molar-refractivity contribution < 1.29 is 4.74 Å². The molecule has 2 N–H and O–H groups in total. The molecule has 0 aromatic rings. The highest BCUT2D eigenvalue weighted by atomic mass is 16.5. The molecule has 4 heteroatoms. The summed E-state index contributed by atoms with van der Waals surface area (Å²) in [6, 6.07) is 0. The Hall–Kier alpha value is -0.770. The van der Waals surface area contributed by atoms with Gasteiger partial charge in [-0.1, -0.05) is 0 Å². The summed E-state index contributed by atoms with van der Waals surface area (Å²) in [6.45, 7) is 7.85. The first-order chi connectivity index (χ1) is 6.88. The molecule has 1 fully saturated rings. The second-order valence-electron chi connectivity index (χ2n) is 5.16. The lowest BCUT2D eigenvalue weighted by atomic mass is 10.1. The molecule has 0 radical (unpaired) electrons. The fourth-order valence-corrected chi connectivity index (χ4v) is 1.62. The standard InChI is InChI=1S/C11H23N3O/c1-11(2,3)13-10(12)14(4)8-9-6-5-7-15-9/h9H,5-8H2,1-4H3,(H2,12,13). The Morgan fingerprint density at radius 1 is 1.53 bits per heavy atom. The van der Waals surface area contributed by atoms with Crippen molar-refractivity contribution in [3.8, 4) is 0 Å². The maximum Gasteiger partial charge on any atom is 0.191 e. The Bertz CT molecular complexity index is 226. The summed E-state index contributed by atoms with van der Waals surface area (Å²) < 4.78 is 5.55. The highest BCUT2D eigenvalue weighted by molar-refractivity contribution is 5.78. The van der Waals surface area contributed by atoms with Gasteiger partial charge in [-0.25, -0.2) is 4.99 Å². The molecule has 0 bridgehead atoms. The van der Waals surface area contributed by atoms with E-state index in [0.717, 1.165) is 26.0 Å². The number of rotatable bonds is 2. The van der Waals surface area contributed by atoms with Crippen LogP contribution >= 0.6 is 0 Å². The monoisotopic (exact) mass is 213 g/mol. The smallest absolute Gasteiger partial charge is 0.191 e. The van der Waals surface area contributed by atoms with Crippen LogP contribution in [0.2, 0.25) is 0 Å². The molecule has 1 heterocycles. The van der Waals surface area contributed by atoms with Gasteiger partial charge in [-0.2, -0.15) is 0 Å². The summed E-state index contributed by atoms with van der Waals surface area (Å²) in [4.78, 5) is 6.39. The van der Waals surface area contributed by atoms with Crippen molar-refractivity contribution in [3.05, 3.63) is 0 Å². The summed E-state index contributed by atoms with van der Waals surface area (Å²) in [5, 5.41) is 0. The first-order valence-corrected chi connectivity index (χ1v) is 5.56. The van der Waals surface area contributed by atoms with Gasteiger partial charge in [-0.3, -0.25) is 0 Å². The lowest BCUT2D eigenvalue weighted by Gasteiger charge is -2.24. The largest absolute Gasteiger partial charge is 0.376 e. The topological polar surface area (TPSA) is 50.9 Å². The molecule has 1 aliphatic heterocycles. The minimum absolute atomic E-state index is 0.116. The first kappa shape index (κ1) is 12.3. The summed E-state index contributed by atoms with van der Waals surface area (Å²) in [6.07, 6.45) is 2.62. The molecule has 0 aromatic heterocycles. The van der Waals surface area contributed by atoms with E-state index in [1.807, 2.05) is 32.7 Å². The maximum absolute atomic E-state index is 5.90. The summed E-state index contributed by atoms with van der Waals surface area (Å²) >= 11 is 0. The van der Waals surface area contributed by atoms with Crippen molar-refractivity contribution in [2.45, 2.75) is 45.3 Å². The molecule has 0 aromatic carbocycles. The lowest BCUT2D eigenvalue weighted by Crippen LogP contribution is -2.40. The number of likely N-dealkylation sites (N-methyl/N-ethyl adjacent to an activating group) is 1. The van der Waals surface area contributed by atoms with Crippen LogP contribution in [0.4, 0.5) is 0 Å². The maximum atomic E-state index is 5.90. The number of hydrogen-bond donors (Lipinski definition) is 1. The molecular weight excluding hydrogens is 190 g/mol. The molecule has 4 nitrogen and oxygen atoms in total. The number of nitrogens with two attached hydrogens (primary N) is 1. The minimum atomic E-state index is -0.116. The molecule has 1 atom stereocenters. The van der Waals surface area contributed by atoms with Gasteiger partial charge in [0, 0.05) is 20.2 Å². The third kappa shape index (κ3) is 4.51. The van der Waals surface area contributed by atoms with Crippen LogP contribution in [0.1, 0.15) is 33.6 Å². The normalized spacial score (nSPS) is 23.2. The Kier molecular flexibility index (Phi) is 3.97. The van der Waals surface area contributed by atoms with Crippen molar-refractivity contribution in [1.29, 1.82) is 0 Å². The Labute approximate surface area is 92.5 Å². The van der Waals surface area contributed by atoms with E-state index in [-0.39, 0.29) is 5.54 Å². The molecule has 15 heavy (non-hydrogen) atoms. The quantitative estimate of drug-likeness (QED) is 0.554. The van der Waals surface area contributed by atoms with Crippen LogP contribution in [-0.4, -0.2) is 42.7 Å². The van der Waals surface area contributed by atoms with Crippen LogP contribution in [0.5, 0.6) is 0 Å². The van der Waals surface area contributed by atoms with Gasteiger partial charge >= 0.3 is 0 Å². The van der Waals surface area contributed by atoms with Crippen molar-refractivity contribution in [2.24, 2.45) is 10.7 Å². The second-order valence-corrected chi connectivity index (χ2v) is 5.16. The number of hydrogen-bond acceptors (Lipinski definition) is 2. The van der Waals surface area contributed by atoms with Crippen LogP contribution in [-0.2, 0) is 4.74 Å². The summed E-state index contributed by atoms with van der Waals surface area (Å²) in [5.41, 5.74) is 5.79. The predicted octanol–water partition coefficient (Wildman–Crippen LogP) is 1.21. The molecule has 1 unspecified atom stereocenters. The predicted molar refractivity (Wildman–Crippen MR) is 63.0 cm³/mol. The lowest BCUT2D eigenvalue weighted by molar-refractivity contribution is 0.0955. The van der Waals surface area contributed by atoms with Crippen LogP contribution < -0.4 is 5.73 Å². The highest BCUT2D eigenvalue weighted by Gasteiger charge is 2.19. The van der Waals surface area contributed by atoms with Crippen LogP contribution in [0.25, 0.3) is 0 Å². The zero-order chi connectivity index (χ0) is 11.5. The first-order valence-electron chi connectivity index (χ1n) is 5.56. The van der Waals surface area contributed by atoms with Gasteiger partial charge in [-0.15, -0.1) is 0 Å². The molecule has 88 valence electrons. The average Bonchev–Trinajstić information content (AvgIpc) is 2.53. The van der Waals surface area contributed by atoms with E-state index in [2.05, 4.69) is 4.99 Å². The van der Waals surface area contributed by atoms with E-state index in [1.165, 1.54) is 0 Å². The minimum Gasteiger partial charge on any atom is -0.376 e. The zero-order valence-corrected chi connectivity index (χ0v) is 10.3. The summed E-state index contributed by atoms with van der Waals surface area (Å²) in [7, 11) is 1.96. The van der Waals surface area contributed by atoms with E-state index in [0.29, 0.717) is 12.1 Å². The van der Waals surface area contributed by atoms with Gasteiger partial charge in [0.05, 0.1) is 11.6 Å². The van der Waals surface area contributed by atoms with Gasteiger partial charge in [0.15, 0.2) is 5.96 Å². The molecule has 1 saturated heterocycles. The number of nitrogens with zero attached hydrogens (tertiary/aromatic N) is 2. The van der Waals surface area contributed by atoms with E-state index >= 15 is 0 Å². The third-order valence-corrected chi connectivity index (χ3v) is 2.34. The Balaban J connectivity index is 2.45. The Morgan fingerprint density at radius 2 is 2.20 bits per heavy atom. The number of ether oxygens (including phenoxy) is 1. The van der Waals surface area contributed by atoms with Crippen LogP contribution in [0, 0.1) is 0 Å². The molecule has 0 aliphatic carbocycles. The Morgan fingerprint density at radius 3 is 2.67 bits per heavy atom. The van der Waals surface area contributed by atoms with Gasteiger partial charge in [-0.05, 0) is 33.6 Å². The van der Waals surface area contributed by atoms with Gasteiger partial charge in [0.25, 0.3) is 0 Å². The van der Waals surface area contributed by atoms with E-state index in [9.17, 15) is 0 Å². The van der Waals surface area contributed by atoms with E-state index in [1.54, 1.807) is 0 Å². The highest BCUT2D eigenvalue weighted by Crippen LogP contribution is 2.13. The van der Waals surface area contributed by atoms with Crippen molar-refractivity contribution in [1.82, 2.24) is 4.90 Å². The third-order valence-electron chi connectivity index (χ3n) is 2.34. The molecule has 0 spiro atoms. The molecule has 0 amide bonds. The van der Waals surface area contributed by atoms with Gasteiger partial charge in [0.2, 0.25) is 0 Å². The van der Waals surface area contributed by atoms with Crippen LogP contribution in [0.3, 0.4) is 0 Å². The fraction of sp³-hybridized carbons (Fsp3) is 0.909. The van der Waals surface area contributed by atoms with Crippen LogP contribution in [0.15, 0.2) is 4.99 Å². The number of guanidine groups is 1. The SMILES string of the molecule is CN(CC1CCCO1)C(N)=NC(C)(C)C. The van der Waals surface area contributed by atoms with Crippen molar-refractivity contribution in [2.75, 3.05) is 20.2 Å². The van der Waals surface area contributed by atoms with E-state index < -0.39 is 0 Å². The molecular formula is C11H23N3O. The van der Waals surface area contributed by atoms with Crippen molar-refractivity contribution >= 4 is 5.96 Å². The summed E-state index contributed by atoms with van der Waals surface area (Å²) in [5.74, 6) is 0.595.